The van der Waals surface area contributed by atoms with Crippen molar-refractivity contribution in [2.24, 2.45) is 0 Å². The average Bonchev–Trinajstić information content (AvgIpc) is 3.51. The van der Waals surface area contributed by atoms with Crippen LogP contribution in [0.3, 0.4) is 0 Å². The van der Waals surface area contributed by atoms with Gasteiger partial charge in [0.25, 0.3) is 0 Å². The lowest BCUT2D eigenvalue weighted by Gasteiger charge is -2.12. The zero-order chi connectivity index (χ0) is 24.8. The molecular weight excluding hydrogens is 457 g/mol. The molecule has 0 aliphatic rings. The van der Waals surface area contributed by atoms with E-state index in [-0.39, 0.29) is 5.82 Å². The molecule has 0 bridgehead atoms. The summed E-state index contributed by atoms with van der Waals surface area (Å²) in [5, 5.41) is 8.44. The third-order valence-corrected chi connectivity index (χ3v) is 6.15. The fraction of sp³-hybridized carbons (Fsp3) is 0.111. The van der Waals surface area contributed by atoms with E-state index in [1.807, 2.05) is 55.5 Å². The molecule has 5 heterocycles. The second-order valence-electron chi connectivity index (χ2n) is 8.67. The standard InChI is InChI=1S/C27H22FN7O/c1-35(2)18-9-16(13-29-14-18)22-4-5-23-25(31-22)26(34-33-23)24-12-21-20(6-7-30-27(21)32-24)15-8-17(28)11-19(10-15)36-3/h4-14H,1-3H3,(H,30,32)(H,33,34). The molecule has 8 nitrogen and oxygen atoms in total. The number of methoxy groups -OCH3 is 1. The van der Waals surface area contributed by atoms with Crippen LogP contribution in [0.25, 0.3) is 55.8 Å². The molecule has 6 rings (SSSR count). The molecule has 5 aromatic heterocycles. The Labute approximate surface area is 205 Å². The predicted octanol–water partition coefficient (Wildman–Crippen LogP) is 5.44. The number of fused-ring (bicyclic) bond motifs is 2. The number of hydrogen-bond donors (Lipinski definition) is 2. The average molecular weight is 480 g/mol. The van der Waals surface area contributed by atoms with Crippen molar-refractivity contribution < 1.29 is 9.13 Å². The molecule has 0 saturated carbocycles. The van der Waals surface area contributed by atoms with Crippen LogP contribution in [0.5, 0.6) is 5.75 Å². The topological polar surface area (TPSA) is 95.6 Å². The smallest absolute Gasteiger partial charge is 0.138 e. The highest BCUT2D eigenvalue weighted by Crippen LogP contribution is 2.35. The number of anilines is 1. The molecular formula is C27H22FN7O. The van der Waals surface area contributed by atoms with Crippen LogP contribution in [-0.4, -0.2) is 51.3 Å². The van der Waals surface area contributed by atoms with Crippen molar-refractivity contribution in [3.8, 4) is 39.5 Å². The summed E-state index contributed by atoms with van der Waals surface area (Å²) in [5.74, 6) is 0.0847. The van der Waals surface area contributed by atoms with E-state index in [2.05, 4.69) is 25.1 Å². The summed E-state index contributed by atoms with van der Waals surface area (Å²) in [6.07, 6.45) is 5.31. The maximum Gasteiger partial charge on any atom is 0.138 e. The van der Waals surface area contributed by atoms with Gasteiger partial charge in [-0.15, -0.1) is 0 Å². The first kappa shape index (κ1) is 21.7. The van der Waals surface area contributed by atoms with Crippen LogP contribution in [0.2, 0.25) is 0 Å². The van der Waals surface area contributed by atoms with Crippen LogP contribution >= 0.6 is 0 Å². The van der Waals surface area contributed by atoms with Gasteiger partial charge in [0.15, 0.2) is 0 Å². The number of benzene rings is 1. The zero-order valence-electron chi connectivity index (χ0n) is 19.9. The number of nitrogens with zero attached hydrogens (tertiary/aromatic N) is 5. The molecule has 0 spiro atoms. The first-order valence-electron chi connectivity index (χ1n) is 11.3. The number of nitrogens with one attached hydrogen (secondary N) is 2. The molecule has 0 radical (unpaired) electrons. The summed E-state index contributed by atoms with van der Waals surface area (Å²) in [6, 6.07) is 14.4. The fourth-order valence-corrected chi connectivity index (χ4v) is 4.30. The molecule has 9 heteroatoms. The molecule has 0 unspecified atom stereocenters. The molecule has 0 amide bonds. The van der Waals surface area contributed by atoms with Crippen LogP contribution in [0.15, 0.2) is 67.1 Å². The first-order valence-corrected chi connectivity index (χ1v) is 11.3. The van der Waals surface area contributed by atoms with Crippen molar-refractivity contribution in [1.29, 1.82) is 0 Å². The van der Waals surface area contributed by atoms with Crippen LogP contribution in [0.1, 0.15) is 0 Å². The minimum Gasteiger partial charge on any atom is -0.497 e. The van der Waals surface area contributed by atoms with Gasteiger partial charge in [0.2, 0.25) is 0 Å². The Kier molecular flexibility index (Phi) is 5.10. The van der Waals surface area contributed by atoms with E-state index < -0.39 is 0 Å². The highest BCUT2D eigenvalue weighted by atomic mass is 19.1. The maximum absolute atomic E-state index is 14.2. The summed E-state index contributed by atoms with van der Waals surface area (Å²) in [7, 11) is 5.47. The van der Waals surface area contributed by atoms with Gasteiger partial charge >= 0.3 is 0 Å². The number of H-pyrrole nitrogens is 2. The second-order valence-corrected chi connectivity index (χ2v) is 8.67. The molecule has 2 N–H and O–H groups in total. The Hall–Kier alpha value is -4.79. The highest BCUT2D eigenvalue weighted by molar-refractivity contribution is 5.99. The Morgan fingerprint density at radius 2 is 1.86 bits per heavy atom. The quantitative estimate of drug-likeness (QED) is 0.342. The Morgan fingerprint density at radius 3 is 2.69 bits per heavy atom. The second kappa shape index (κ2) is 8.46. The molecule has 0 fully saturated rings. The van der Waals surface area contributed by atoms with E-state index in [1.54, 1.807) is 18.5 Å². The Morgan fingerprint density at radius 1 is 0.972 bits per heavy atom. The van der Waals surface area contributed by atoms with Crippen molar-refractivity contribution in [2.75, 3.05) is 26.1 Å². The van der Waals surface area contributed by atoms with Crippen LogP contribution in [0.4, 0.5) is 10.1 Å². The van der Waals surface area contributed by atoms with Crippen molar-refractivity contribution in [1.82, 2.24) is 30.1 Å². The van der Waals surface area contributed by atoms with Crippen molar-refractivity contribution in [3.63, 3.8) is 0 Å². The molecule has 0 atom stereocenters. The van der Waals surface area contributed by atoms with Crippen molar-refractivity contribution in [3.05, 3.63) is 72.9 Å². The monoisotopic (exact) mass is 479 g/mol. The normalized spacial score (nSPS) is 11.3. The number of ether oxygens (including phenoxy) is 1. The van der Waals surface area contributed by atoms with E-state index in [4.69, 9.17) is 9.72 Å². The summed E-state index contributed by atoms with van der Waals surface area (Å²) in [4.78, 5) is 19.1. The van der Waals surface area contributed by atoms with Crippen LogP contribution in [0, 0.1) is 5.82 Å². The lowest BCUT2D eigenvalue weighted by Crippen LogP contribution is -2.08. The lowest BCUT2D eigenvalue weighted by molar-refractivity contribution is 0.411. The summed E-state index contributed by atoms with van der Waals surface area (Å²) >= 11 is 0. The lowest BCUT2D eigenvalue weighted by atomic mass is 10.0. The van der Waals surface area contributed by atoms with E-state index in [9.17, 15) is 4.39 Å². The zero-order valence-corrected chi connectivity index (χ0v) is 19.9. The summed E-state index contributed by atoms with van der Waals surface area (Å²) < 4.78 is 19.5. The number of pyridine rings is 3. The number of rotatable bonds is 5. The molecule has 178 valence electrons. The van der Waals surface area contributed by atoms with Crippen molar-refractivity contribution in [2.45, 2.75) is 0 Å². The SMILES string of the molecule is COc1cc(F)cc(-c2ccnc3[nH]c(-c4n[nH]c5ccc(-c6cncc(N(C)C)c6)nc45)cc23)c1. The molecule has 0 aliphatic heterocycles. The third kappa shape index (κ3) is 3.70. The number of hydrogen-bond acceptors (Lipinski definition) is 6. The van der Waals surface area contributed by atoms with E-state index in [1.165, 1.54) is 19.2 Å². The molecule has 0 saturated heterocycles. The number of aromatic amines is 2. The van der Waals surface area contributed by atoms with Crippen molar-refractivity contribution >= 4 is 27.8 Å². The number of halogens is 1. The minimum atomic E-state index is -0.368. The first-order chi connectivity index (χ1) is 17.5. The Balaban J connectivity index is 1.47. The van der Waals surface area contributed by atoms with Crippen LogP contribution in [-0.2, 0) is 0 Å². The third-order valence-electron chi connectivity index (χ3n) is 6.15. The van der Waals surface area contributed by atoms with Gasteiger partial charge < -0.3 is 14.6 Å². The molecule has 1 aromatic carbocycles. The van der Waals surface area contributed by atoms with Gasteiger partial charge in [-0.05, 0) is 53.6 Å². The highest BCUT2D eigenvalue weighted by Gasteiger charge is 2.17. The molecule has 6 aromatic rings. The van der Waals surface area contributed by atoms with Gasteiger partial charge in [0, 0.05) is 43.5 Å². The van der Waals surface area contributed by atoms with Gasteiger partial charge in [0.1, 0.15) is 28.4 Å². The fourth-order valence-electron chi connectivity index (χ4n) is 4.30. The van der Waals surface area contributed by atoms with Gasteiger partial charge in [-0.2, -0.15) is 5.10 Å². The Bertz CT molecular complexity index is 1740. The van der Waals surface area contributed by atoms with E-state index >= 15 is 0 Å². The van der Waals surface area contributed by atoms with Gasteiger partial charge in [-0.25, -0.2) is 14.4 Å². The summed E-state index contributed by atoms with van der Waals surface area (Å²) in [5.41, 5.74) is 7.86. The van der Waals surface area contributed by atoms with E-state index in [0.717, 1.165) is 44.6 Å². The predicted molar refractivity (Wildman–Crippen MR) is 138 cm³/mol. The van der Waals surface area contributed by atoms with Gasteiger partial charge in [0.05, 0.1) is 35.9 Å². The minimum absolute atomic E-state index is 0.368. The van der Waals surface area contributed by atoms with Gasteiger partial charge in [-0.3, -0.25) is 10.1 Å². The number of aromatic nitrogens is 6. The summed E-state index contributed by atoms with van der Waals surface area (Å²) in [6.45, 7) is 0. The van der Waals surface area contributed by atoms with Crippen LogP contribution < -0.4 is 9.64 Å². The largest absolute Gasteiger partial charge is 0.497 e. The van der Waals surface area contributed by atoms with E-state index in [0.29, 0.717) is 22.7 Å². The molecule has 0 aliphatic carbocycles. The molecule has 36 heavy (non-hydrogen) atoms. The maximum atomic E-state index is 14.2. The van der Waals surface area contributed by atoms with Gasteiger partial charge in [-0.1, -0.05) is 0 Å².